The van der Waals surface area contributed by atoms with Gasteiger partial charge >= 0.3 is 0 Å². The summed E-state index contributed by atoms with van der Waals surface area (Å²) in [6, 6.07) is 21.1. The van der Waals surface area contributed by atoms with Crippen LogP contribution in [0.4, 0.5) is 0 Å². The molecule has 0 N–H and O–H groups in total. The van der Waals surface area contributed by atoms with Crippen molar-refractivity contribution in [2.75, 3.05) is 6.61 Å². The van der Waals surface area contributed by atoms with E-state index >= 15 is 0 Å². The highest BCUT2D eigenvalue weighted by atomic mass is 32.1. The van der Waals surface area contributed by atoms with Crippen LogP contribution in [0.1, 0.15) is 17.3 Å². The molecule has 5 aromatic rings. The maximum absolute atomic E-state index is 13.3. The summed E-state index contributed by atoms with van der Waals surface area (Å²) in [5.74, 6) is 0.657. The standard InChI is InChI=1S/C26H20N2O3S/c1-2-31-21-11-9-18(10-12-21)22-15-32-25-24(22)26(30)28(16-27-25)14-23(29)20-8-7-17-5-3-4-6-19(17)13-20/h3-13,15-16H,2,14H2,1H3. The summed E-state index contributed by atoms with van der Waals surface area (Å²) < 4.78 is 6.90. The number of carbonyl (C=O) groups is 1. The molecule has 32 heavy (non-hydrogen) atoms. The second-order valence-corrected chi connectivity index (χ2v) is 8.31. The molecule has 0 atom stereocenters. The molecule has 5 rings (SSSR count). The van der Waals surface area contributed by atoms with Gasteiger partial charge in [-0.1, -0.05) is 48.5 Å². The number of fused-ring (bicyclic) bond motifs is 2. The molecule has 0 aliphatic carbocycles. The topological polar surface area (TPSA) is 61.2 Å². The molecule has 3 aromatic carbocycles. The summed E-state index contributed by atoms with van der Waals surface area (Å²) in [5, 5.41) is 4.54. The lowest BCUT2D eigenvalue weighted by Crippen LogP contribution is -2.24. The number of rotatable bonds is 6. The van der Waals surface area contributed by atoms with Gasteiger partial charge in [-0.15, -0.1) is 11.3 Å². The number of hydrogen-bond donors (Lipinski definition) is 0. The summed E-state index contributed by atoms with van der Waals surface area (Å²) >= 11 is 1.42. The molecule has 2 aromatic heterocycles. The molecular formula is C26H20N2O3S. The minimum absolute atomic E-state index is 0.0569. The van der Waals surface area contributed by atoms with Crippen LogP contribution in [0, 0.1) is 0 Å². The quantitative estimate of drug-likeness (QED) is 0.324. The molecule has 0 bridgehead atoms. The highest BCUT2D eigenvalue weighted by Gasteiger charge is 2.16. The van der Waals surface area contributed by atoms with Crippen molar-refractivity contribution in [1.29, 1.82) is 0 Å². The molecule has 0 aliphatic rings. The van der Waals surface area contributed by atoms with Gasteiger partial charge in [-0.3, -0.25) is 14.2 Å². The van der Waals surface area contributed by atoms with Gasteiger partial charge in [0.15, 0.2) is 5.78 Å². The van der Waals surface area contributed by atoms with E-state index in [4.69, 9.17) is 4.74 Å². The lowest BCUT2D eigenvalue weighted by molar-refractivity contribution is 0.0971. The lowest BCUT2D eigenvalue weighted by Gasteiger charge is -2.07. The predicted molar refractivity (Wildman–Crippen MR) is 129 cm³/mol. The van der Waals surface area contributed by atoms with E-state index in [2.05, 4.69) is 4.98 Å². The van der Waals surface area contributed by atoms with Crippen molar-refractivity contribution < 1.29 is 9.53 Å². The molecule has 5 nitrogen and oxygen atoms in total. The average Bonchev–Trinajstić information content (AvgIpc) is 3.26. The van der Waals surface area contributed by atoms with E-state index in [9.17, 15) is 9.59 Å². The van der Waals surface area contributed by atoms with Crippen LogP contribution in [0.15, 0.2) is 83.2 Å². The van der Waals surface area contributed by atoms with Gasteiger partial charge in [-0.25, -0.2) is 4.98 Å². The first-order valence-corrected chi connectivity index (χ1v) is 11.2. The van der Waals surface area contributed by atoms with Crippen LogP contribution in [0.5, 0.6) is 5.75 Å². The minimum Gasteiger partial charge on any atom is -0.494 e. The number of ketones is 1. The van der Waals surface area contributed by atoms with Gasteiger partial charge in [0.2, 0.25) is 0 Å². The van der Waals surface area contributed by atoms with Gasteiger partial charge in [0, 0.05) is 16.5 Å². The molecule has 0 aliphatic heterocycles. The number of nitrogens with zero attached hydrogens (tertiary/aromatic N) is 2. The van der Waals surface area contributed by atoms with Gasteiger partial charge in [-0.2, -0.15) is 0 Å². The van der Waals surface area contributed by atoms with Crippen molar-refractivity contribution in [2.45, 2.75) is 13.5 Å². The van der Waals surface area contributed by atoms with Crippen LogP contribution in [-0.2, 0) is 6.54 Å². The second-order valence-electron chi connectivity index (χ2n) is 7.45. The fraction of sp³-hybridized carbons (Fsp3) is 0.115. The van der Waals surface area contributed by atoms with Crippen LogP contribution in [0.3, 0.4) is 0 Å². The fourth-order valence-corrected chi connectivity index (χ4v) is 4.71. The van der Waals surface area contributed by atoms with Crippen molar-refractivity contribution in [3.8, 4) is 16.9 Å². The molecule has 0 fully saturated rings. The Kier molecular flexibility index (Phi) is 5.29. The molecule has 6 heteroatoms. The van der Waals surface area contributed by atoms with Gasteiger partial charge in [-0.05, 0) is 41.5 Å². The maximum atomic E-state index is 13.3. The Morgan fingerprint density at radius 2 is 1.81 bits per heavy atom. The summed E-state index contributed by atoms with van der Waals surface area (Å²) in [6.45, 7) is 2.48. The average molecular weight is 441 g/mol. The van der Waals surface area contributed by atoms with E-state index in [1.165, 1.54) is 22.2 Å². The van der Waals surface area contributed by atoms with Crippen LogP contribution in [0.2, 0.25) is 0 Å². The van der Waals surface area contributed by atoms with Gasteiger partial charge in [0.05, 0.1) is 24.9 Å². The normalized spacial score (nSPS) is 11.2. The van der Waals surface area contributed by atoms with E-state index in [-0.39, 0.29) is 17.9 Å². The molecule has 0 unspecified atom stereocenters. The zero-order chi connectivity index (χ0) is 22.1. The van der Waals surface area contributed by atoms with Gasteiger partial charge in [0.1, 0.15) is 10.6 Å². The van der Waals surface area contributed by atoms with Crippen LogP contribution < -0.4 is 10.3 Å². The van der Waals surface area contributed by atoms with Crippen molar-refractivity contribution in [2.24, 2.45) is 0 Å². The maximum Gasteiger partial charge on any atom is 0.263 e. The van der Waals surface area contributed by atoms with E-state index in [1.807, 2.05) is 73.0 Å². The van der Waals surface area contributed by atoms with Crippen LogP contribution >= 0.6 is 11.3 Å². The van der Waals surface area contributed by atoms with Crippen molar-refractivity contribution in [3.63, 3.8) is 0 Å². The Balaban J connectivity index is 1.49. The van der Waals surface area contributed by atoms with Crippen molar-refractivity contribution in [3.05, 3.63) is 94.4 Å². The zero-order valence-corrected chi connectivity index (χ0v) is 18.3. The lowest BCUT2D eigenvalue weighted by atomic mass is 10.0. The third-order valence-electron chi connectivity index (χ3n) is 5.42. The van der Waals surface area contributed by atoms with E-state index in [0.717, 1.165) is 27.6 Å². The number of thiophene rings is 1. The van der Waals surface area contributed by atoms with Gasteiger partial charge < -0.3 is 4.74 Å². The molecule has 0 amide bonds. The molecule has 0 spiro atoms. The van der Waals surface area contributed by atoms with E-state index in [0.29, 0.717) is 22.4 Å². The first-order valence-electron chi connectivity index (χ1n) is 10.4. The Hall–Kier alpha value is -3.77. The Bertz CT molecular complexity index is 1500. The Morgan fingerprint density at radius 1 is 1.03 bits per heavy atom. The molecule has 0 saturated carbocycles. The molecular weight excluding hydrogens is 420 g/mol. The minimum atomic E-state index is -0.214. The van der Waals surface area contributed by atoms with Crippen molar-refractivity contribution in [1.82, 2.24) is 9.55 Å². The Morgan fingerprint density at radius 3 is 2.59 bits per heavy atom. The summed E-state index contributed by atoms with van der Waals surface area (Å²) in [7, 11) is 0. The number of carbonyl (C=O) groups excluding carboxylic acids is 1. The highest BCUT2D eigenvalue weighted by molar-refractivity contribution is 7.17. The zero-order valence-electron chi connectivity index (χ0n) is 17.4. The number of aromatic nitrogens is 2. The highest BCUT2D eigenvalue weighted by Crippen LogP contribution is 2.31. The van der Waals surface area contributed by atoms with Crippen LogP contribution in [0.25, 0.3) is 32.1 Å². The first kappa shape index (κ1) is 20.2. The third kappa shape index (κ3) is 3.69. The third-order valence-corrected chi connectivity index (χ3v) is 6.31. The molecule has 158 valence electrons. The van der Waals surface area contributed by atoms with Crippen LogP contribution in [-0.4, -0.2) is 21.9 Å². The molecule has 0 saturated heterocycles. The summed E-state index contributed by atoms with van der Waals surface area (Å²) in [5.41, 5.74) is 2.09. The Labute approximate surface area is 188 Å². The van der Waals surface area contributed by atoms with Crippen molar-refractivity contribution >= 4 is 38.1 Å². The van der Waals surface area contributed by atoms with E-state index < -0.39 is 0 Å². The predicted octanol–water partition coefficient (Wildman–Crippen LogP) is 5.56. The number of ether oxygens (including phenoxy) is 1. The number of Topliss-reactive ketones (excluding diaryl/α,β-unsaturated/α-hetero) is 1. The van der Waals surface area contributed by atoms with E-state index in [1.54, 1.807) is 6.07 Å². The summed E-state index contributed by atoms with van der Waals surface area (Å²) in [6.07, 6.45) is 1.46. The smallest absolute Gasteiger partial charge is 0.263 e. The first-order chi connectivity index (χ1) is 15.6. The largest absolute Gasteiger partial charge is 0.494 e. The van der Waals surface area contributed by atoms with Gasteiger partial charge in [0.25, 0.3) is 5.56 Å². The molecule has 0 radical (unpaired) electrons. The number of benzene rings is 3. The fourth-order valence-electron chi connectivity index (χ4n) is 3.80. The summed E-state index contributed by atoms with van der Waals surface area (Å²) in [4.78, 5) is 31.3. The molecule has 2 heterocycles. The number of hydrogen-bond acceptors (Lipinski definition) is 5. The SMILES string of the molecule is CCOc1ccc(-c2csc3ncn(CC(=O)c4ccc5ccccc5c4)c(=O)c23)cc1. The second kappa shape index (κ2) is 8.40. The monoisotopic (exact) mass is 440 g/mol.